The van der Waals surface area contributed by atoms with E-state index in [2.05, 4.69) is 10.3 Å². The van der Waals surface area contributed by atoms with Gasteiger partial charge in [-0.1, -0.05) is 44.2 Å². The molecular weight excluding hydrogens is 439 g/mol. The normalized spacial score (nSPS) is 11.8. The molecule has 1 heterocycles. The molecule has 0 fully saturated rings. The summed E-state index contributed by atoms with van der Waals surface area (Å²) in [5.41, 5.74) is 1.64. The SMILES string of the molecule is CCOC(=O)c1c(COC(=O)[C@@H](NC(=O)c2ccccc2F)C(C)C)nc2ccccc2c1C. The first-order valence-electron chi connectivity index (χ1n) is 11.0. The van der Waals surface area contributed by atoms with Gasteiger partial charge in [0.25, 0.3) is 5.91 Å². The van der Waals surface area contributed by atoms with Crippen LogP contribution in [0.2, 0.25) is 0 Å². The number of rotatable bonds is 8. The number of aryl methyl sites for hydroxylation is 1. The van der Waals surface area contributed by atoms with Crippen LogP contribution in [0.1, 0.15) is 52.7 Å². The number of aromatic nitrogens is 1. The van der Waals surface area contributed by atoms with E-state index in [-0.39, 0.29) is 36.0 Å². The van der Waals surface area contributed by atoms with Crippen molar-refractivity contribution in [2.75, 3.05) is 6.61 Å². The average Bonchev–Trinajstić information content (AvgIpc) is 2.81. The van der Waals surface area contributed by atoms with Crippen molar-refractivity contribution in [2.45, 2.75) is 40.3 Å². The summed E-state index contributed by atoms with van der Waals surface area (Å²) >= 11 is 0. The van der Waals surface area contributed by atoms with Crippen LogP contribution in [-0.4, -0.2) is 35.5 Å². The Morgan fingerprint density at radius 3 is 2.38 bits per heavy atom. The fourth-order valence-corrected chi connectivity index (χ4v) is 3.61. The topological polar surface area (TPSA) is 94.6 Å². The highest BCUT2D eigenvalue weighted by Gasteiger charge is 2.28. The molecule has 0 bridgehead atoms. The van der Waals surface area contributed by atoms with Crippen LogP contribution in [0.3, 0.4) is 0 Å². The molecule has 3 rings (SSSR count). The Labute approximate surface area is 197 Å². The van der Waals surface area contributed by atoms with Crippen molar-refractivity contribution in [1.29, 1.82) is 0 Å². The summed E-state index contributed by atoms with van der Waals surface area (Å²) in [5, 5.41) is 3.33. The zero-order chi connectivity index (χ0) is 24.8. The van der Waals surface area contributed by atoms with Crippen LogP contribution in [0, 0.1) is 18.7 Å². The maximum Gasteiger partial charge on any atom is 0.340 e. The molecule has 0 radical (unpaired) electrons. The zero-order valence-corrected chi connectivity index (χ0v) is 19.6. The van der Waals surface area contributed by atoms with E-state index in [9.17, 15) is 18.8 Å². The Morgan fingerprint density at radius 1 is 1.03 bits per heavy atom. The Morgan fingerprint density at radius 2 is 1.71 bits per heavy atom. The van der Waals surface area contributed by atoms with Crippen molar-refractivity contribution in [1.82, 2.24) is 10.3 Å². The van der Waals surface area contributed by atoms with E-state index >= 15 is 0 Å². The van der Waals surface area contributed by atoms with E-state index in [1.54, 1.807) is 33.8 Å². The number of esters is 2. The molecule has 0 saturated carbocycles. The van der Waals surface area contributed by atoms with Crippen molar-refractivity contribution >= 4 is 28.7 Å². The van der Waals surface area contributed by atoms with Gasteiger partial charge in [-0.2, -0.15) is 0 Å². The molecule has 0 unspecified atom stereocenters. The third-order valence-electron chi connectivity index (χ3n) is 5.38. The van der Waals surface area contributed by atoms with Gasteiger partial charge in [-0.15, -0.1) is 0 Å². The molecule has 0 saturated heterocycles. The lowest BCUT2D eigenvalue weighted by molar-refractivity contribution is -0.148. The fourth-order valence-electron chi connectivity index (χ4n) is 3.61. The van der Waals surface area contributed by atoms with Crippen LogP contribution in [-0.2, 0) is 20.9 Å². The highest BCUT2D eigenvalue weighted by molar-refractivity contribution is 5.99. The van der Waals surface area contributed by atoms with Crippen molar-refractivity contribution in [3.05, 3.63) is 76.7 Å². The second kappa shape index (κ2) is 10.9. The first-order chi connectivity index (χ1) is 16.2. The summed E-state index contributed by atoms with van der Waals surface area (Å²) in [6, 6.07) is 11.8. The second-order valence-electron chi connectivity index (χ2n) is 8.08. The predicted octanol–water partition coefficient (Wildman–Crippen LogP) is 4.36. The number of benzene rings is 2. The monoisotopic (exact) mass is 466 g/mol. The number of hydrogen-bond donors (Lipinski definition) is 1. The number of ether oxygens (including phenoxy) is 2. The molecule has 178 valence electrons. The molecule has 8 heteroatoms. The first kappa shape index (κ1) is 24.8. The summed E-state index contributed by atoms with van der Waals surface area (Å²) in [6.45, 7) is 6.84. The summed E-state index contributed by atoms with van der Waals surface area (Å²) in [7, 11) is 0. The Balaban J connectivity index is 1.85. The lowest BCUT2D eigenvalue weighted by Gasteiger charge is -2.21. The van der Waals surface area contributed by atoms with Crippen LogP contribution < -0.4 is 5.32 Å². The molecule has 1 N–H and O–H groups in total. The van der Waals surface area contributed by atoms with Gasteiger partial charge in [-0.05, 0) is 43.5 Å². The molecular formula is C26H27FN2O5. The lowest BCUT2D eigenvalue weighted by Crippen LogP contribution is -2.45. The molecule has 0 aliphatic rings. The largest absolute Gasteiger partial charge is 0.462 e. The molecule has 0 aliphatic carbocycles. The number of para-hydroxylation sites is 1. The second-order valence-corrected chi connectivity index (χ2v) is 8.08. The number of halogens is 1. The minimum Gasteiger partial charge on any atom is -0.462 e. The number of nitrogens with zero attached hydrogens (tertiary/aromatic N) is 1. The fraction of sp³-hybridized carbons (Fsp3) is 0.308. The van der Waals surface area contributed by atoms with Crippen LogP contribution >= 0.6 is 0 Å². The quantitative estimate of drug-likeness (QED) is 0.496. The number of hydrogen-bond acceptors (Lipinski definition) is 6. The lowest BCUT2D eigenvalue weighted by atomic mass is 10.0. The van der Waals surface area contributed by atoms with E-state index < -0.39 is 29.7 Å². The van der Waals surface area contributed by atoms with Gasteiger partial charge >= 0.3 is 11.9 Å². The Hall–Kier alpha value is -3.81. The number of pyridine rings is 1. The number of carbonyl (C=O) groups is 3. The van der Waals surface area contributed by atoms with Crippen molar-refractivity contribution in [3.8, 4) is 0 Å². The minimum absolute atomic E-state index is 0.169. The van der Waals surface area contributed by atoms with E-state index in [1.165, 1.54) is 24.3 Å². The van der Waals surface area contributed by atoms with Crippen LogP contribution in [0.25, 0.3) is 10.9 Å². The molecule has 0 aliphatic heterocycles. The van der Waals surface area contributed by atoms with Gasteiger partial charge in [-0.25, -0.2) is 19.0 Å². The highest BCUT2D eigenvalue weighted by Crippen LogP contribution is 2.24. The third kappa shape index (κ3) is 5.39. The Bertz CT molecular complexity index is 1230. The number of fused-ring (bicyclic) bond motifs is 1. The van der Waals surface area contributed by atoms with Crippen molar-refractivity contribution < 1.29 is 28.2 Å². The molecule has 7 nitrogen and oxygen atoms in total. The summed E-state index contributed by atoms with van der Waals surface area (Å²) in [6.07, 6.45) is 0. The molecule has 1 amide bonds. The zero-order valence-electron chi connectivity index (χ0n) is 19.6. The molecule has 3 aromatic rings. The van der Waals surface area contributed by atoms with Crippen LogP contribution in [0.15, 0.2) is 48.5 Å². The van der Waals surface area contributed by atoms with Gasteiger partial charge in [0.2, 0.25) is 0 Å². The average molecular weight is 467 g/mol. The van der Waals surface area contributed by atoms with E-state index in [4.69, 9.17) is 9.47 Å². The minimum atomic E-state index is -1.03. The van der Waals surface area contributed by atoms with E-state index in [1.807, 2.05) is 18.2 Å². The summed E-state index contributed by atoms with van der Waals surface area (Å²) < 4.78 is 24.6. The highest BCUT2D eigenvalue weighted by atomic mass is 19.1. The van der Waals surface area contributed by atoms with Gasteiger partial charge < -0.3 is 14.8 Å². The molecule has 0 spiro atoms. The van der Waals surface area contributed by atoms with E-state index in [0.717, 1.165) is 5.39 Å². The number of carbonyl (C=O) groups excluding carboxylic acids is 3. The summed E-state index contributed by atoms with van der Waals surface area (Å²) in [5.74, 6) is -3.02. The molecule has 2 aromatic carbocycles. The van der Waals surface area contributed by atoms with Crippen LogP contribution in [0.5, 0.6) is 0 Å². The smallest absolute Gasteiger partial charge is 0.340 e. The van der Waals surface area contributed by atoms with Crippen LogP contribution in [0.4, 0.5) is 4.39 Å². The molecule has 1 atom stereocenters. The van der Waals surface area contributed by atoms with Gasteiger partial charge in [0.1, 0.15) is 18.5 Å². The van der Waals surface area contributed by atoms with Gasteiger partial charge in [0.05, 0.1) is 28.9 Å². The third-order valence-corrected chi connectivity index (χ3v) is 5.38. The van der Waals surface area contributed by atoms with Gasteiger partial charge in [-0.3, -0.25) is 4.79 Å². The molecule has 34 heavy (non-hydrogen) atoms. The summed E-state index contributed by atoms with van der Waals surface area (Å²) in [4.78, 5) is 42.6. The predicted molar refractivity (Wildman–Crippen MR) is 125 cm³/mol. The number of nitrogens with one attached hydrogen (secondary N) is 1. The first-order valence-corrected chi connectivity index (χ1v) is 11.0. The maximum atomic E-state index is 14.0. The molecule has 1 aromatic heterocycles. The maximum absolute atomic E-state index is 14.0. The Kier molecular flexibility index (Phi) is 7.94. The van der Waals surface area contributed by atoms with Crippen molar-refractivity contribution in [3.63, 3.8) is 0 Å². The van der Waals surface area contributed by atoms with Gasteiger partial charge in [0, 0.05) is 5.39 Å². The standard InChI is InChI=1S/C26H27FN2O5/c1-5-33-25(31)22-16(4)17-10-7-9-13-20(17)28-21(22)14-34-26(32)23(15(2)3)29-24(30)18-11-6-8-12-19(18)27/h6-13,15,23H,5,14H2,1-4H3,(H,29,30)/t23-/m0/s1. The van der Waals surface area contributed by atoms with E-state index in [0.29, 0.717) is 11.1 Å². The van der Waals surface area contributed by atoms with Gasteiger partial charge in [0.15, 0.2) is 0 Å². The number of amides is 1. The van der Waals surface area contributed by atoms with Crippen molar-refractivity contribution in [2.24, 2.45) is 5.92 Å².